The van der Waals surface area contributed by atoms with E-state index in [4.69, 9.17) is 4.74 Å². The number of aliphatic hydroxyl groups excluding tert-OH is 3. The molecular formula is C21H23BrF3NO5S. The smallest absolute Gasteiger partial charge is 0.416 e. The molecular weight excluding hydrogens is 515 g/mol. The van der Waals surface area contributed by atoms with Crippen LogP contribution in [0.15, 0.2) is 51.8 Å². The van der Waals surface area contributed by atoms with Gasteiger partial charge in [0.1, 0.15) is 11.9 Å². The van der Waals surface area contributed by atoms with Gasteiger partial charge in [0, 0.05) is 9.89 Å². The largest absolute Gasteiger partial charge is 0.486 e. The summed E-state index contributed by atoms with van der Waals surface area (Å²) in [6, 6.07) is 9.13. The van der Waals surface area contributed by atoms with Gasteiger partial charge in [0.15, 0.2) is 0 Å². The monoisotopic (exact) mass is 537 g/mol. The van der Waals surface area contributed by atoms with Gasteiger partial charge in [-0.15, -0.1) is 0 Å². The number of halogens is 4. The van der Waals surface area contributed by atoms with E-state index in [9.17, 15) is 32.7 Å². The third-order valence-electron chi connectivity index (χ3n) is 5.41. The first-order chi connectivity index (χ1) is 15.0. The first-order valence-electron chi connectivity index (χ1n) is 9.57. The van der Waals surface area contributed by atoms with Crippen LogP contribution >= 0.6 is 15.9 Å². The van der Waals surface area contributed by atoms with Crippen molar-refractivity contribution in [2.75, 3.05) is 30.7 Å². The van der Waals surface area contributed by atoms with Crippen LogP contribution in [0.25, 0.3) is 0 Å². The fraction of sp³-hybridized carbons (Fsp3) is 0.381. The van der Waals surface area contributed by atoms with Crippen LogP contribution in [0.1, 0.15) is 12.0 Å². The molecule has 1 unspecified atom stereocenters. The minimum Gasteiger partial charge on any atom is -0.486 e. The van der Waals surface area contributed by atoms with Crippen LogP contribution < -0.4 is 9.04 Å². The Balaban J connectivity index is 2.06. The maximum absolute atomic E-state index is 13.8. The van der Waals surface area contributed by atoms with E-state index < -0.39 is 52.8 Å². The lowest BCUT2D eigenvalue weighted by Gasteiger charge is -2.41. The summed E-state index contributed by atoms with van der Waals surface area (Å²) in [5.41, 5.74) is -1.82. The van der Waals surface area contributed by atoms with Crippen molar-refractivity contribution >= 4 is 37.2 Å². The molecule has 2 aromatic rings. The molecule has 1 heterocycles. The second kappa shape index (κ2) is 9.22. The van der Waals surface area contributed by atoms with Crippen LogP contribution in [0.3, 0.4) is 0 Å². The summed E-state index contributed by atoms with van der Waals surface area (Å²) in [4.78, 5) is -0.100. The van der Waals surface area contributed by atoms with Gasteiger partial charge in [-0.2, -0.15) is 13.2 Å². The van der Waals surface area contributed by atoms with E-state index in [0.717, 1.165) is 12.1 Å². The molecule has 3 rings (SSSR count). The maximum atomic E-state index is 13.8. The number of rotatable bonds is 7. The summed E-state index contributed by atoms with van der Waals surface area (Å²) in [7, 11) is -3.44. The SMILES string of the molecule is C=S(=O)(c1cccc(C(F)(F)F)c1)N1C[C@H](CC(CO)(CO)CO)Oc2ccc(Br)cc21. The fourth-order valence-electron chi connectivity index (χ4n) is 3.50. The van der Waals surface area contributed by atoms with Crippen molar-refractivity contribution in [3.63, 3.8) is 0 Å². The number of hydrogen-bond acceptors (Lipinski definition) is 5. The number of ether oxygens (including phenoxy) is 1. The number of benzene rings is 2. The molecule has 0 bridgehead atoms. The van der Waals surface area contributed by atoms with Crippen LogP contribution in [-0.4, -0.2) is 57.9 Å². The Morgan fingerprint density at radius 2 is 1.78 bits per heavy atom. The minimum atomic E-state index is -4.61. The highest BCUT2D eigenvalue weighted by Gasteiger charge is 2.39. The Kier molecular flexibility index (Phi) is 7.16. The Bertz CT molecular complexity index is 1070. The molecule has 0 aromatic heterocycles. The van der Waals surface area contributed by atoms with Gasteiger partial charge in [-0.05, 0) is 48.7 Å². The normalized spacial score (nSPS) is 18.6. The highest BCUT2D eigenvalue weighted by atomic mass is 79.9. The predicted molar refractivity (Wildman–Crippen MR) is 119 cm³/mol. The van der Waals surface area contributed by atoms with Gasteiger partial charge in [-0.25, -0.2) is 4.21 Å². The second-order valence-corrected chi connectivity index (χ2v) is 10.9. The minimum absolute atomic E-state index is 0.0145. The Labute approximate surface area is 192 Å². The van der Waals surface area contributed by atoms with Crippen molar-refractivity contribution < 1.29 is 37.4 Å². The molecule has 6 nitrogen and oxygen atoms in total. The van der Waals surface area contributed by atoms with E-state index in [2.05, 4.69) is 21.8 Å². The van der Waals surface area contributed by atoms with Gasteiger partial charge in [0.2, 0.25) is 0 Å². The van der Waals surface area contributed by atoms with Crippen molar-refractivity contribution in [3.05, 3.63) is 52.5 Å². The van der Waals surface area contributed by atoms with Gasteiger partial charge >= 0.3 is 6.18 Å². The molecule has 32 heavy (non-hydrogen) atoms. The average Bonchev–Trinajstić information content (AvgIpc) is 2.76. The summed E-state index contributed by atoms with van der Waals surface area (Å²) in [6.45, 7) is -1.59. The molecule has 0 spiro atoms. The average molecular weight is 538 g/mol. The number of alkyl halides is 3. The van der Waals surface area contributed by atoms with Crippen LogP contribution in [0.5, 0.6) is 5.75 Å². The standard InChI is InChI=1S/C21H23BrF3NO5S/c1-32(30,17-4-2-3-14(7-17)21(23,24)25)26-10-16(9-20(11-27,12-28)13-29)31-19-6-5-15(22)8-18(19)26/h2-8,16,27-29H,1,9-13H2/t16-,32?/m0/s1. The maximum Gasteiger partial charge on any atom is 0.416 e. The second-order valence-electron chi connectivity index (χ2n) is 7.76. The fourth-order valence-corrected chi connectivity index (χ4v) is 5.57. The first-order valence-corrected chi connectivity index (χ1v) is 12.0. The molecule has 0 saturated carbocycles. The summed E-state index contributed by atoms with van der Waals surface area (Å²) in [6.07, 6.45) is -5.33. The molecule has 176 valence electrons. The zero-order valence-corrected chi connectivity index (χ0v) is 19.3. The van der Waals surface area contributed by atoms with E-state index >= 15 is 0 Å². The number of anilines is 1. The zero-order valence-electron chi connectivity index (χ0n) is 16.9. The highest BCUT2D eigenvalue weighted by molar-refractivity contribution is 9.10. The van der Waals surface area contributed by atoms with E-state index in [1.165, 1.54) is 16.4 Å². The van der Waals surface area contributed by atoms with Gasteiger partial charge in [0.25, 0.3) is 0 Å². The van der Waals surface area contributed by atoms with Crippen LogP contribution in [0.2, 0.25) is 0 Å². The van der Waals surface area contributed by atoms with Crippen molar-refractivity contribution in [3.8, 4) is 5.75 Å². The quantitative estimate of drug-likeness (QED) is 0.472. The van der Waals surface area contributed by atoms with E-state index in [-0.39, 0.29) is 17.9 Å². The summed E-state index contributed by atoms with van der Waals surface area (Å²) in [5, 5.41) is 29.0. The number of hydrogen-bond donors (Lipinski definition) is 3. The van der Waals surface area contributed by atoms with Gasteiger partial charge in [0.05, 0.1) is 52.2 Å². The molecule has 1 aliphatic rings. The molecule has 0 amide bonds. The highest BCUT2D eigenvalue weighted by Crippen LogP contribution is 2.41. The van der Waals surface area contributed by atoms with Gasteiger partial charge in [-0.1, -0.05) is 22.0 Å². The van der Waals surface area contributed by atoms with Gasteiger partial charge < -0.3 is 20.1 Å². The first kappa shape index (κ1) is 24.8. The van der Waals surface area contributed by atoms with E-state index in [1.54, 1.807) is 18.2 Å². The summed E-state index contributed by atoms with van der Waals surface area (Å²) < 4.78 is 61.5. The van der Waals surface area contributed by atoms with Crippen molar-refractivity contribution in [2.45, 2.75) is 23.6 Å². The molecule has 1 aliphatic heterocycles. The molecule has 0 saturated heterocycles. The zero-order chi connectivity index (χ0) is 23.7. The molecule has 2 aromatic carbocycles. The van der Waals surface area contributed by atoms with Crippen LogP contribution in [-0.2, 0) is 15.9 Å². The molecule has 2 atom stereocenters. The van der Waals surface area contributed by atoms with Crippen LogP contribution in [0, 0.1) is 5.41 Å². The third kappa shape index (κ3) is 4.91. The topological polar surface area (TPSA) is 90.2 Å². The molecule has 0 radical (unpaired) electrons. The summed E-state index contributed by atoms with van der Waals surface area (Å²) >= 11 is 3.33. The van der Waals surface area contributed by atoms with Crippen molar-refractivity contribution in [1.29, 1.82) is 0 Å². The van der Waals surface area contributed by atoms with Crippen LogP contribution in [0.4, 0.5) is 18.9 Å². The van der Waals surface area contributed by atoms with E-state index in [0.29, 0.717) is 15.9 Å². The Hall–Kier alpha value is -1.79. The molecule has 11 heteroatoms. The molecule has 0 aliphatic carbocycles. The number of nitrogens with zero attached hydrogens (tertiary/aromatic N) is 1. The Morgan fingerprint density at radius 1 is 1.12 bits per heavy atom. The number of aliphatic hydroxyl groups is 3. The summed E-state index contributed by atoms with van der Waals surface area (Å²) in [5.74, 6) is 4.09. The lowest BCUT2D eigenvalue weighted by atomic mass is 9.84. The predicted octanol–water partition coefficient (Wildman–Crippen LogP) is 3.08. The van der Waals surface area contributed by atoms with E-state index in [1.807, 2.05) is 0 Å². The number of fused-ring (bicyclic) bond motifs is 1. The molecule has 3 N–H and O–H groups in total. The van der Waals surface area contributed by atoms with Crippen molar-refractivity contribution in [1.82, 2.24) is 0 Å². The van der Waals surface area contributed by atoms with Crippen molar-refractivity contribution in [2.24, 2.45) is 5.41 Å². The molecule has 0 fully saturated rings. The Morgan fingerprint density at radius 3 is 2.38 bits per heavy atom. The lowest BCUT2D eigenvalue weighted by Crippen LogP contribution is -2.48. The lowest BCUT2D eigenvalue weighted by molar-refractivity contribution is -0.137. The van der Waals surface area contributed by atoms with Gasteiger partial charge in [-0.3, -0.25) is 4.31 Å². The third-order valence-corrected chi connectivity index (χ3v) is 7.95.